The average molecular weight is 265 g/mol. The Morgan fingerprint density at radius 2 is 1.88 bits per heavy atom. The largest absolute Gasteiger partial charge is 0.465 e. The number of nitrogens with zero attached hydrogens (tertiary/aromatic N) is 1. The van der Waals surface area contributed by atoms with Crippen LogP contribution in [0.5, 0.6) is 0 Å². The Morgan fingerprint density at radius 3 is 2.35 bits per heavy atom. The molecule has 0 aliphatic heterocycles. The highest BCUT2D eigenvalue weighted by Gasteiger charge is 2.11. The average Bonchev–Trinajstić information content (AvgIpc) is 2.16. The second kappa shape index (κ2) is 8.47. The lowest BCUT2D eigenvalue weighted by Gasteiger charge is -2.20. The Labute approximate surface area is 104 Å². The van der Waals surface area contributed by atoms with Gasteiger partial charge in [0.1, 0.15) is 9.84 Å². The SMILES string of the molecule is CCCN(CCCS(C)(=O)=O)CC(=O)OCC. The van der Waals surface area contributed by atoms with E-state index in [1.54, 1.807) is 6.92 Å². The molecule has 0 atom stereocenters. The van der Waals surface area contributed by atoms with Gasteiger partial charge in [-0.2, -0.15) is 0 Å². The van der Waals surface area contributed by atoms with Crippen LogP contribution in [0, 0.1) is 0 Å². The molecule has 0 unspecified atom stereocenters. The van der Waals surface area contributed by atoms with Crippen molar-refractivity contribution in [1.82, 2.24) is 4.90 Å². The summed E-state index contributed by atoms with van der Waals surface area (Å²) in [6.07, 6.45) is 2.71. The molecule has 0 heterocycles. The quantitative estimate of drug-likeness (QED) is 0.574. The predicted molar refractivity (Wildman–Crippen MR) is 67.7 cm³/mol. The van der Waals surface area contributed by atoms with Crippen LogP contribution in [0.4, 0.5) is 0 Å². The fraction of sp³-hybridized carbons (Fsp3) is 0.909. The molecular weight excluding hydrogens is 242 g/mol. The molecule has 0 saturated heterocycles. The smallest absolute Gasteiger partial charge is 0.320 e. The molecule has 0 radical (unpaired) electrons. The molecule has 0 aliphatic rings. The zero-order valence-corrected chi connectivity index (χ0v) is 11.8. The second-order valence-corrected chi connectivity index (χ2v) is 6.32. The molecule has 17 heavy (non-hydrogen) atoms. The summed E-state index contributed by atoms with van der Waals surface area (Å²) in [6.45, 7) is 5.80. The van der Waals surface area contributed by atoms with Crippen LogP contribution >= 0.6 is 0 Å². The fourth-order valence-corrected chi connectivity index (χ4v) is 2.18. The number of carbonyl (C=O) groups excluding carboxylic acids is 1. The minimum atomic E-state index is -2.92. The first-order valence-electron chi connectivity index (χ1n) is 5.94. The highest BCUT2D eigenvalue weighted by atomic mass is 32.2. The number of carbonyl (C=O) groups is 1. The van der Waals surface area contributed by atoms with Crippen LogP contribution in [0.3, 0.4) is 0 Å². The van der Waals surface area contributed by atoms with E-state index < -0.39 is 9.84 Å². The molecule has 5 nitrogen and oxygen atoms in total. The third-order valence-electron chi connectivity index (χ3n) is 2.19. The van der Waals surface area contributed by atoms with Gasteiger partial charge < -0.3 is 4.74 Å². The van der Waals surface area contributed by atoms with Gasteiger partial charge in [-0.25, -0.2) is 8.42 Å². The van der Waals surface area contributed by atoms with Gasteiger partial charge in [-0.1, -0.05) is 6.92 Å². The molecule has 6 heteroatoms. The van der Waals surface area contributed by atoms with Gasteiger partial charge >= 0.3 is 5.97 Å². The van der Waals surface area contributed by atoms with Crippen molar-refractivity contribution >= 4 is 15.8 Å². The lowest BCUT2D eigenvalue weighted by Crippen LogP contribution is -2.33. The van der Waals surface area contributed by atoms with Crippen molar-refractivity contribution in [2.45, 2.75) is 26.7 Å². The fourth-order valence-electron chi connectivity index (χ4n) is 1.53. The van der Waals surface area contributed by atoms with Gasteiger partial charge in [0, 0.05) is 6.26 Å². The van der Waals surface area contributed by atoms with Crippen molar-refractivity contribution in [2.75, 3.05) is 38.2 Å². The summed E-state index contributed by atoms with van der Waals surface area (Å²) in [6, 6.07) is 0. The monoisotopic (exact) mass is 265 g/mol. The van der Waals surface area contributed by atoms with Crippen molar-refractivity contribution in [3.05, 3.63) is 0 Å². The molecule has 0 aromatic heterocycles. The zero-order chi connectivity index (χ0) is 13.3. The molecule has 0 spiro atoms. The van der Waals surface area contributed by atoms with Crippen LogP contribution in [0.15, 0.2) is 0 Å². The molecule has 0 bridgehead atoms. The maximum atomic E-state index is 11.3. The lowest BCUT2D eigenvalue weighted by molar-refractivity contribution is -0.144. The molecule has 0 N–H and O–H groups in total. The topological polar surface area (TPSA) is 63.7 Å². The van der Waals surface area contributed by atoms with Gasteiger partial charge in [0.25, 0.3) is 0 Å². The molecule has 0 aliphatic carbocycles. The van der Waals surface area contributed by atoms with E-state index in [1.807, 2.05) is 11.8 Å². The second-order valence-electron chi connectivity index (χ2n) is 4.06. The third kappa shape index (κ3) is 10.3. The van der Waals surface area contributed by atoms with Gasteiger partial charge in [-0.3, -0.25) is 9.69 Å². The summed E-state index contributed by atoms with van der Waals surface area (Å²) in [5.41, 5.74) is 0. The normalized spacial score (nSPS) is 11.8. The van der Waals surface area contributed by atoms with Crippen LogP contribution in [0.25, 0.3) is 0 Å². The first kappa shape index (κ1) is 16.4. The summed E-state index contributed by atoms with van der Waals surface area (Å²) >= 11 is 0. The first-order chi connectivity index (χ1) is 7.89. The van der Waals surface area contributed by atoms with E-state index >= 15 is 0 Å². The van der Waals surface area contributed by atoms with Crippen LogP contribution in [0.2, 0.25) is 0 Å². The van der Waals surface area contributed by atoms with Gasteiger partial charge in [0.05, 0.1) is 18.9 Å². The van der Waals surface area contributed by atoms with Crippen LogP contribution < -0.4 is 0 Å². The molecule has 0 fully saturated rings. The van der Waals surface area contributed by atoms with E-state index in [-0.39, 0.29) is 18.3 Å². The summed E-state index contributed by atoms with van der Waals surface area (Å²) < 4.78 is 26.8. The van der Waals surface area contributed by atoms with Crippen molar-refractivity contribution in [2.24, 2.45) is 0 Å². The summed E-state index contributed by atoms with van der Waals surface area (Å²) in [4.78, 5) is 13.2. The lowest BCUT2D eigenvalue weighted by atomic mass is 10.3. The van der Waals surface area contributed by atoms with E-state index in [9.17, 15) is 13.2 Å². The molecular formula is C11H23NO4S. The molecule has 0 aromatic rings. The Morgan fingerprint density at radius 1 is 1.24 bits per heavy atom. The Kier molecular flexibility index (Phi) is 8.16. The maximum Gasteiger partial charge on any atom is 0.320 e. The zero-order valence-electron chi connectivity index (χ0n) is 10.9. The van der Waals surface area contributed by atoms with Crippen molar-refractivity contribution in [3.63, 3.8) is 0 Å². The number of sulfone groups is 1. The Balaban J connectivity index is 4.02. The number of ether oxygens (including phenoxy) is 1. The minimum Gasteiger partial charge on any atom is -0.465 e. The summed E-state index contributed by atoms with van der Waals surface area (Å²) in [5, 5.41) is 0. The van der Waals surface area contributed by atoms with Crippen molar-refractivity contribution in [3.8, 4) is 0 Å². The van der Waals surface area contributed by atoms with Crippen LogP contribution in [-0.2, 0) is 19.4 Å². The van der Waals surface area contributed by atoms with Gasteiger partial charge in [0.15, 0.2) is 0 Å². The highest BCUT2D eigenvalue weighted by molar-refractivity contribution is 7.90. The van der Waals surface area contributed by atoms with Crippen molar-refractivity contribution < 1.29 is 17.9 Å². The van der Waals surface area contributed by atoms with Crippen molar-refractivity contribution in [1.29, 1.82) is 0 Å². The van der Waals surface area contributed by atoms with Gasteiger partial charge in [-0.15, -0.1) is 0 Å². The number of rotatable bonds is 9. The number of hydrogen-bond acceptors (Lipinski definition) is 5. The van der Waals surface area contributed by atoms with E-state index in [1.165, 1.54) is 6.26 Å². The Hall–Kier alpha value is -0.620. The summed E-state index contributed by atoms with van der Waals surface area (Å²) in [7, 11) is -2.92. The number of esters is 1. The molecule has 102 valence electrons. The highest BCUT2D eigenvalue weighted by Crippen LogP contribution is 1.98. The molecule has 0 amide bonds. The minimum absolute atomic E-state index is 0.163. The Bertz CT molecular complexity index is 313. The van der Waals surface area contributed by atoms with Crippen LogP contribution in [0.1, 0.15) is 26.7 Å². The summed E-state index contributed by atoms with van der Waals surface area (Å²) in [5.74, 6) is -0.0870. The maximum absolute atomic E-state index is 11.3. The third-order valence-corrected chi connectivity index (χ3v) is 3.22. The predicted octanol–water partition coefficient (Wildman–Crippen LogP) is 0.696. The van der Waals surface area contributed by atoms with Crippen LogP contribution in [-0.4, -0.2) is 57.5 Å². The molecule has 0 aromatic carbocycles. The van der Waals surface area contributed by atoms with Gasteiger partial charge in [-0.05, 0) is 32.9 Å². The van der Waals surface area contributed by atoms with Gasteiger partial charge in [0.2, 0.25) is 0 Å². The van der Waals surface area contributed by atoms with E-state index in [0.717, 1.165) is 13.0 Å². The first-order valence-corrected chi connectivity index (χ1v) is 8.00. The molecule has 0 rings (SSSR count). The van der Waals surface area contributed by atoms with E-state index in [2.05, 4.69) is 0 Å². The van der Waals surface area contributed by atoms with E-state index in [4.69, 9.17) is 4.74 Å². The number of hydrogen-bond donors (Lipinski definition) is 0. The molecule has 0 saturated carbocycles. The standard InChI is InChI=1S/C11H23NO4S/c1-4-7-12(10-11(13)16-5-2)8-6-9-17(3,14)15/h4-10H2,1-3H3. The van der Waals surface area contributed by atoms with E-state index in [0.29, 0.717) is 19.6 Å².